The second kappa shape index (κ2) is 7.06. The molecule has 0 bridgehead atoms. The van der Waals surface area contributed by atoms with Gasteiger partial charge in [-0.25, -0.2) is 0 Å². The minimum absolute atomic E-state index is 0.0382. The summed E-state index contributed by atoms with van der Waals surface area (Å²) in [6.07, 6.45) is 3.66. The molecule has 0 saturated carbocycles. The number of piperidine rings is 1. The molecule has 1 N–H and O–H groups in total. The number of carbonyl (C=O) groups is 1. The Kier molecular flexibility index (Phi) is 5.14. The van der Waals surface area contributed by atoms with Gasteiger partial charge in [0, 0.05) is 31.6 Å². The molecule has 2 rings (SSSR count). The van der Waals surface area contributed by atoms with Crippen LogP contribution in [-0.2, 0) is 4.79 Å². The van der Waals surface area contributed by atoms with Crippen LogP contribution in [0.2, 0.25) is 0 Å². The molecular formula is C15H21N3O3. The van der Waals surface area contributed by atoms with Crippen molar-refractivity contribution < 1.29 is 9.72 Å². The molecule has 1 atom stereocenters. The molecule has 0 aliphatic carbocycles. The Morgan fingerprint density at radius 1 is 1.43 bits per heavy atom. The van der Waals surface area contributed by atoms with E-state index in [2.05, 4.69) is 12.2 Å². The van der Waals surface area contributed by atoms with Crippen molar-refractivity contribution in [3.05, 3.63) is 34.4 Å². The van der Waals surface area contributed by atoms with Crippen molar-refractivity contribution in [2.24, 2.45) is 0 Å². The number of para-hydroxylation sites is 2. The molecule has 1 aromatic rings. The van der Waals surface area contributed by atoms with E-state index in [9.17, 15) is 14.9 Å². The SMILES string of the molecule is CC1CCCCN1C(=O)CCNc1ccccc1[N+](=O)[O-]. The van der Waals surface area contributed by atoms with Crippen LogP contribution in [0.1, 0.15) is 32.6 Å². The summed E-state index contributed by atoms with van der Waals surface area (Å²) in [6, 6.07) is 6.79. The van der Waals surface area contributed by atoms with E-state index in [1.54, 1.807) is 18.2 Å². The van der Waals surface area contributed by atoms with Crippen LogP contribution in [0.5, 0.6) is 0 Å². The average Bonchev–Trinajstić information content (AvgIpc) is 2.48. The van der Waals surface area contributed by atoms with Crippen LogP contribution in [0, 0.1) is 10.1 Å². The molecule has 0 spiro atoms. The Hall–Kier alpha value is -2.11. The molecule has 1 fully saturated rings. The van der Waals surface area contributed by atoms with Crippen molar-refractivity contribution in [2.75, 3.05) is 18.4 Å². The summed E-state index contributed by atoms with van der Waals surface area (Å²) < 4.78 is 0. The number of likely N-dealkylation sites (tertiary alicyclic amines) is 1. The predicted molar refractivity (Wildman–Crippen MR) is 81.2 cm³/mol. The van der Waals surface area contributed by atoms with E-state index in [0.717, 1.165) is 19.4 Å². The number of amides is 1. The number of hydrogen-bond acceptors (Lipinski definition) is 4. The fourth-order valence-corrected chi connectivity index (χ4v) is 2.70. The molecule has 1 heterocycles. The van der Waals surface area contributed by atoms with Crippen LogP contribution in [0.15, 0.2) is 24.3 Å². The summed E-state index contributed by atoms with van der Waals surface area (Å²) in [6.45, 7) is 3.31. The molecule has 1 amide bonds. The fourth-order valence-electron chi connectivity index (χ4n) is 2.70. The molecule has 6 heteroatoms. The lowest BCUT2D eigenvalue weighted by molar-refractivity contribution is -0.384. The molecular weight excluding hydrogens is 270 g/mol. The third-order valence-corrected chi connectivity index (χ3v) is 3.88. The topological polar surface area (TPSA) is 75.5 Å². The van der Waals surface area contributed by atoms with E-state index in [0.29, 0.717) is 24.7 Å². The first kappa shape index (κ1) is 15.3. The van der Waals surface area contributed by atoms with Crippen molar-refractivity contribution in [3.63, 3.8) is 0 Å². The number of nitrogens with one attached hydrogen (secondary N) is 1. The Balaban J connectivity index is 1.87. The van der Waals surface area contributed by atoms with Crippen LogP contribution in [0.25, 0.3) is 0 Å². The fraction of sp³-hybridized carbons (Fsp3) is 0.533. The number of nitrogens with zero attached hydrogens (tertiary/aromatic N) is 2. The van der Waals surface area contributed by atoms with Gasteiger partial charge in [-0.3, -0.25) is 14.9 Å². The first-order valence-corrected chi connectivity index (χ1v) is 7.36. The van der Waals surface area contributed by atoms with Gasteiger partial charge in [0.15, 0.2) is 0 Å². The van der Waals surface area contributed by atoms with Crippen molar-refractivity contribution in [3.8, 4) is 0 Å². The van der Waals surface area contributed by atoms with Gasteiger partial charge in [-0.15, -0.1) is 0 Å². The van der Waals surface area contributed by atoms with Crippen molar-refractivity contribution in [1.82, 2.24) is 4.90 Å². The molecule has 114 valence electrons. The third-order valence-electron chi connectivity index (χ3n) is 3.88. The standard InChI is InChI=1S/C15H21N3O3/c1-12-6-4-5-11-17(12)15(19)9-10-16-13-7-2-3-8-14(13)18(20)21/h2-3,7-8,12,16H,4-6,9-11H2,1H3. The smallest absolute Gasteiger partial charge is 0.292 e. The quantitative estimate of drug-likeness (QED) is 0.668. The number of nitro benzene ring substituents is 1. The zero-order chi connectivity index (χ0) is 15.2. The lowest BCUT2D eigenvalue weighted by Gasteiger charge is -2.33. The van der Waals surface area contributed by atoms with Crippen molar-refractivity contribution in [2.45, 2.75) is 38.6 Å². The van der Waals surface area contributed by atoms with Gasteiger partial charge in [-0.05, 0) is 32.3 Å². The summed E-state index contributed by atoms with van der Waals surface area (Å²) in [5, 5.41) is 13.9. The lowest BCUT2D eigenvalue weighted by Crippen LogP contribution is -2.42. The third kappa shape index (κ3) is 3.93. The number of carbonyl (C=O) groups excluding carboxylic acids is 1. The summed E-state index contributed by atoms with van der Waals surface area (Å²) >= 11 is 0. The van der Waals surface area contributed by atoms with Crippen LogP contribution in [0.3, 0.4) is 0 Å². The van der Waals surface area contributed by atoms with Gasteiger partial charge in [0.05, 0.1) is 4.92 Å². The maximum atomic E-state index is 12.2. The van der Waals surface area contributed by atoms with Gasteiger partial charge in [0.2, 0.25) is 5.91 Å². The van der Waals surface area contributed by atoms with E-state index < -0.39 is 4.92 Å². The number of nitro groups is 1. The highest BCUT2D eigenvalue weighted by atomic mass is 16.6. The Morgan fingerprint density at radius 2 is 2.19 bits per heavy atom. The maximum absolute atomic E-state index is 12.2. The van der Waals surface area contributed by atoms with E-state index in [-0.39, 0.29) is 11.6 Å². The zero-order valence-corrected chi connectivity index (χ0v) is 12.2. The number of benzene rings is 1. The van der Waals surface area contributed by atoms with Gasteiger partial charge in [0.25, 0.3) is 5.69 Å². The van der Waals surface area contributed by atoms with Gasteiger partial charge in [-0.2, -0.15) is 0 Å². The minimum Gasteiger partial charge on any atom is -0.379 e. The molecule has 1 aliphatic heterocycles. The highest BCUT2D eigenvalue weighted by Crippen LogP contribution is 2.23. The molecule has 1 aromatic carbocycles. The number of rotatable bonds is 5. The van der Waals surface area contributed by atoms with Gasteiger partial charge < -0.3 is 10.2 Å². The van der Waals surface area contributed by atoms with Crippen molar-refractivity contribution >= 4 is 17.3 Å². The van der Waals surface area contributed by atoms with Crippen LogP contribution >= 0.6 is 0 Å². The number of hydrogen-bond donors (Lipinski definition) is 1. The second-order valence-electron chi connectivity index (χ2n) is 5.38. The molecule has 0 aromatic heterocycles. The largest absolute Gasteiger partial charge is 0.379 e. The molecule has 6 nitrogen and oxygen atoms in total. The van der Waals surface area contributed by atoms with E-state index >= 15 is 0 Å². The monoisotopic (exact) mass is 291 g/mol. The summed E-state index contributed by atoms with van der Waals surface area (Å²) in [7, 11) is 0. The Bertz CT molecular complexity index is 519. The first-order valence-electron chi connectivity index (χ1n) is 7.36. The Morgan fingerprint density at radius 3 is 2.90 bits per heavy atom. The zero-order valence-electron chi connectivity index (χ0n) is 12.2. The highest BCUT2D eigenvalue weighted by molar-refractivity contribution is 5.77. The predicted octanol–water partition coefficient (Wildman–Crippen LogP) is 2.80. The van der Waals surface area contributed by atoms with Gasteiger partial charge >= 0.3 is 0 Å². The Labute approximate surface area is 124 Å². The summed E-state index contributed by atoms with van der Waals surface area (Å²) in [5.74, 6) is 0.119. The van der Waals surface area contributed by atoms with E-state index in [1.165, 1.54) is 12.5 Å². The summed E-state index contributed by atoms with van der Waals surface area (Å²) in [5.41, 5.74) is 0.498. The number of anilines is 1. The van der Waals surface area contributed by atoms with Gasteiger partial charge in [-0.1, -0.05) is 12.1 Å². The van der Waals surface area contributed by atoms with E-state index in [1.807, 2.05) is 4.90 Å². The molecule has 0 radical (unpaired) electrons. The minimum atomic E-state index is -0.420. The van der Waals surface area contributed by atoms with Crippen LogP contribution in [-0.4, -0.2) is 34.9 Å². The lowest BCUT2D eigenvalue weighted by atomic mass is 10.0. The van der Waals surface area contributed by atoms with Gasteiger partial charge in [0.1, 0.15) is 5.69 Å². The average molecular weight is 291 g/mol. The van der Waals surface area contributed by atoms with E-state index in [4.69, 9.17) is 0 Å². The molecule has 21 heavy (non-hydrogen) atoms. The first-order chi connectivity index (χ1) is 10.1. The highest BCUT2D eigenvalue weighted by Gasteiger charge is 2.22. The maximum Gasteiger partial charge on any atom is 0.292 e. The normalized spacial score (nSPS) is 18.3. The molecule has 1 aliphatic rings. The second-order valence-corrected chi connectivity index (χ2v) is 5.38. The van der Waals surface area contributed by atoms with Crippen LogP contribution in [0.4, 0.5) is 11.4 Å². The summed E-state index contributed by atoms with van der Waals surface area (Å²) in [4.78, 5) is 24.6. The van der Waals surface area contributed by atoms with Crippen LogP contribution < -0.4 is 5.32 Å². The molecule has 1 saturated heterocycles. The molecule has 1 unspecified atom stereocenters. The van der Waals surface area contributed by atoms with Crippen molar-refractivity contribution in [1.29, 1.82) is 0 Å².